The van der Waals surface area contributed by atoms with E-state index in [0.717, 1.165) is 11.4 Å². The highest BCUT2D eigenvalue weighted by atomic mass is 32.1. The minimum atomic E-state index is -0.956. The van der Waals surface area contributed by atoms with E-state index in [1.807, 2.05) is 5.38 Å². The number of hydrogen-bond donors (Lipinski definition) is 1. The maximum absolute atomic E-state index is 10.6. The van der Waals surface area contributed by atoms with Gasteiger partial charge in [0.25, 0.3) is 0 Å². The first kappa shape index (κ1) is 9.79. The molecule has 0 spiro atoms. The molecule has 0 saturated heterocycles. The summed E-state index contributed by atoms with van der Waals surface area (Å²) in [6, 6.07) is 3.26. The normalized spacial score (nSPS) is 10.1. The van der Waals surface area contributed by atoms with Crippen molar-refractivity contribution in [3.05, 3.63) is 46.2 Å². The highest BCUT2D eigenvalue weighted by Crippen LogP contribution is 2.08. The summed E-state index contributed by atoms with van der Waals surface area (Å²) >= 11 is 1.53. The minimum Gasteiger partial charge on any atom is -0.478 e. The molecule has 0 bridgehead atoms. The number of thiazole rings is 1. The van der Waals surface area contributed by atoms with Gasteiger partial charge in [0.1, 0.15) is 0 Å². The Morgan fingerprint density at radius 2 is 2.20 bits per heavy atom. The molecule has 2 aromatic rings. The van der Waals surface area contributed by atoms with Gasteiger partial charge in [0.15, 0.2) is 0 Å². The number of aromatic carboxylic acids is 1. The summed E-state index contributed by atoms with van der Waals surface area (Å²) in [7, 11) is 0. The zero-order valence-electron chi connectivity index (χ0n) is 7.75. The molecule has 0 aliphatic rings. The molecular formula is C10H8N2O2S. The minimum absolute atomic E-state index is 0.206. The molecule has 2 rings (SSSR count). The van der Waals surface area contributed by atoms with Crippen molar-refractivity contribution in [3.8, 4) is 0 Å². The molecule has 0 atom stereocenters. The first-order chi connectivity index (χ1) is 7.25. The number of carboxylic acid groups (broad SMARTS) is 1. The second-order valence-electron chi connectivity index (χ2n) is 3.00. The molecule has 76 valence electrons. The smallest absolute Gasteiger partial charge is 0.337 e. The number of aromatic nitrogens is 2. The van der Waals surface area contributed by atoms with Crippen LogP contribution in [0.1, 0.15) is 21.7 Å². The zero-order chi connectivity index (χ0) is 10.7. The van der Waals surface area contributed by atoms with Crippen LogP contribution >= 0.6 is 11.3 Å². The third-order valence-corrected chi connectivity index (χ3v) is 2.55. The molecule has 5 heteroatoms. The van der Waals surface area contributed by atoms with Crippen LogP contribution < -0.4 is 0 Å². The maximum Gasteiger partial charge on any atom is 0.337 e. The van der Waals surface area contributed by atoms with Crippen LogP contribution in [0.4, 0.5) is 0 Å². The van der Waals surface area contributed by atoms with Gasteiger partial charge in [-0.25, -0.2) is 9.78 Å². The van der Waals surface area contributed by atoms with Crippen molar-refractivity contribution in [2.24, 2.45) is 0 Å². The molecule has 0 amide bonds. The van der Waals surface area contributed by atoms with E-state index in [4.69, 9.17) is 5.11 Å². The van der Waals surface area contributed by atoms with Gasteiger partial charge in [0.2, 0.25) is 0 Å². The van der Waals surface area contributed by atoms with Gasteiger partial charge in [-0.15, -0.1) is 11.3 Å². The van der Waals surface area contributed by atoms with Crippen molar-refractivity contribution in [3.63, 3.8) is 0 Å². The van der Waals surface area contributed by atoms with Gasteiger partial charge in [-0.3, -0.25) is 4.98 Å². The van der Waals surface area contributed by atoms with Gasteiger partial charge in [-0.2, -0.15) is 0 Å². The molecule has 0 aromatic carbocycles. The predicted octanol–water partition coefficient (Wildman–Crippen LogP) is 1.83. The quantitative estimate of drug-likeness (QED) is 0.857. The summed E-state index contributed by atoms with van der Waals surface area (Å²) < 4.78 is 0. The summed E-state index contributed by atoms with van der Waals surface area (Å²) in [6.45, 7) is 0. The van der Waals surface area contributed by atoms with Crippen molar-refractivity contribution < 1.29 is 9.90 Å². The molecular weight excluding hydrogens is 212 g/mol. The number of pyridine rings is 1. The Kier molecular flexibility index (Phi) is 2.73. The average molecular weight is 220 g/mol. The summed E-state index contributed by atoms with van der Waals surface area (Å²) in [4.78, 5) is 18.8. The molecule has 2 heterocycles. The van der Waals surface area contributed by atoms with Crippen molar-refractivity contribution in [2.75, 3.05) is 0 Å². The van der Waals surface area contributed by atoms with E-state index in [9.17, 15) is 4.79 Å². The van der Waals surface area contributed by atoms with Gasteiger partial charge in [-0.1, -0.05) is 0 Å². The summed E-state index contributed by atoms with van der Waals surface area (Å²) in [5.41, 5.74) is 3.75. The molecule has 15 heavy (non-hydrogen) atoms. The van der Waals surface area contributed by atoms with Crippen molar-refractivity contribution in [1.82, 2.24) is 9.97 Å². The Balaban J connectivity index is 2.14. The van der Waals surface area contributed by atoms with E-state index in [0.29, 0.717) is 6.42 Å². The second kappa shape index (κ2) is 4.18. The van der Waals surface area contributed by atoms with Crippen LogP contribution in [0.25, 0.3) is 0 Å². The van der Waals surface area contributed by atoms with Crippen LogP contribution in [-0.4, -0.2) is 21.0 Å². The molecule has 0 saturated carbocycles. The van der Waals surface area contributed by atoms with Crippen molar-refractivity contribution in [2.45, 2.75) is 6.42 Å². The van der Waals surface area contributed by atoms with E-state index in [1.54, 1.807) is 17.6 Å². The maximum atomic E-state index is 10.6. The molecule has 0 fully saturated rings. The van der Waals surface area contributed by atoms with Crippen LogP contribution in [0.2, 0.25) is 0 Å². The summed E-state index contributed by atoms with van der Waals surface area (Å²) in [6.07, 6.45) is 2.01. The lowest BCUT2D eigenvalue weighted by molar-refractivity contribution is 0.0696. The Labute approximate surface area is 90.3 Å². The number of rotatable bonds is 3. The second-order valence-corrected chi connectivity index (χ2v) is 3.72. The highest BCUT2D eigenvalue weighted by molar-refractivity contribution is 7.07. The number of carboxylic acids is 1. The first-order valence-corrected chi connectivity index (χ1v) is 5.25. The number of nitrogens with zero attached hydrogens (tertiary/aromatic N) is 2. The fourth-order valence-electron chi connectivity index (χ4n) is 1.17. The predicted molar refractivity (Wildman–Crippen MR) is 56.1 cm³/mol. The number of carbonyl (C=O) groups is 1. The van der Waals surface area contributed by atoms with Gasteiger partial charge in [-0.05, 0) is 12.1 Å². The van der Waals surface area contributed by atoms with E-state index in [2.05, 4.69) is 9.97 Å². The van der Waals surface area contributed by atoms with Crippen molar-refractivity contribution in [1.29, 1.82) is 0 Å². The molecule has 0 radical (unpaired) electrons. The SMILES string of the molecule is O=C(O)c1ccc(Cc2cscn2)nc1. The lowest BCUT2D eigenvalue weighted by Crippen LogP contribution is -1.99. The van der Waals surface area contributed by atoms with E-state index >= 15 is 0 Å². The van der Waals surface area contributed by atoms with Gasteiger partial charge >= 0.3 is 5.97 Å². The van der Waals surface area contributed by atoms with E-state index in [-0.39, 0.29) is 5.56 Å². The first-order valence-electron chi connectivity index (χ1n) is 4.31. The molecule has 2 aromatic heterocycles. The van der Waals surface area contributed by atoms with Crippen LogP contribution in [0.15, 0.2) is 29.2 Å². The topological polar surface area (TPSA) is 63.1 Å². The lowest BCUT2D eigenvalue weighted by Gasteiger charge is -1.98. The third kappa shape index (κ3) is 2.38. The summed E-state index contributed by atoms with van der Waals surface area (Å²) in [5, 5.41) is 10.6. The highest BCUT2D eigenvalue weighted by Gasteiger charge is 2.04. The molecule has 0 aliphatic heterocycles. The van der Waals surface area contributed by atoms with Crippen LogP contribution in [0.3, 0.4) is 0 Å². The van der Waals surface area contributed by atoms with Gasteiger partial charge in [0.05, 0.1) is 16.8 Å². The molecule has 0 unspecified atom stereocenters. The van der Waals surface area contributed by atoms with Gasteiger partial charge in [0, 0.05) is 23.7 Å². The Bertz CT molecular complexity index is 451. The van der Waals surface area contributed by atoms with Gasteiger partial charge < -0.3 is 5.11 Å². The third-order valence-electron chi connectivity index (χ3n) is 1.92. The average Bonchev–Trinajstić information content (AvgIpc) is 2.71. The lowest BCUT2D eigenvalue weighted by atomic mass is 10.2. The summed E-state index contributed by atoms with van der Waals surface area (Å²) in [5.74, 6) is -0.956. The fraction of sp³-hybridized carbons (Fsp3) is 0.100. The van der Waals surface area contributed by atoms with E-state index < -0.39 is 5.97 Å². The van der Waals surface area contributed by atoms with E-state index in [1.165, 1.54) is 17.5 Å². The zero-order valence-corrected chi connectivity index (χ0v) is 8.57. The Morgan fingerprint density at radius 1 is 1.33 bits per heavy atom. The largest absolute Gasteiger partial charge is 0.478 e. The fourth-order valence-corrected chi connectivity index (χ4v) is 1.72. The van der Waals surface area contributed by atoms with Crippen LogP contribution in [0, 0.1) is 0 Å². The Morgan fingerprint density at radius 3 is 2.73 bits per heavy atom. The van der Waals surface area contributed by atoms with Crippen LogP contribution in [0.5, 0.6) is 0 Å². The molecule has 1 N–H and O–H groups in total. The monoisotopic (exact) mass is 220 g/mol. The Hall–Kier alpha value is -1.75. The standard InChI is InChI=1S/C10H8N2O2S/c13-10(14)7-1-2-8(11-4-7)3-9-5-15-6-12-9/h1-2,4-6H,3H2,(H,13,14). The molecule has 4 nitrogen and oxygen atoms in total. The number of hydrogen-bond acceptors (Lipinski definition) is 4. The molecule has 0 aliphatic carbocycles. The van der Waals surface area contributed by atoms with Crippen molar-refractivity contribution >= 4 is 17.3 Å². The van der Waals surface area contributed by atoms with Crippen LogP contribution in [-0.2, 0) is 6.42 Å².